The lowest BCUT2D eigenvalue weighted by molar-refractivity contribution is 1.78. The largest absolute Gasteiger partial charge is 0.121 e. The molecule has 0 aromatic heterocycles. The molecule has 0 radical (unpaired) electrons. The molecule has 0 fully saturated rings. The van der Waals surface area contributed by atoms with Gasteiger partial charge in [0, 0.05) is 0 Å². The summed E-state index contributed by atoms with van der Waals surface area (Å²) in [5, 5.41) is 1.99. The predicted octanol–water partition coefficient (Wildman–Crippen LogP) is 1.89. The molecule has 0 heterocycles. The first-order valence-electron chi connectivity index (χ1n) is 2.08. The van der Waals surface area contributed by atoms with Crippen molar-refractivity contribution in [2.24, 2.45) is 0 Å². The molecule has 0 aliphatic heterocycles. The van der Waals surface area contributed by atoms with Gasteiger partial charge in [-0.25, -0.2) is 0 Å². The molecule has 0 spiro atoms. The second kappa shape index (κ2) is 5.65. The topological polar surface area (TPSA) is 0 Å². The monoisotopic (exact) mass is 112 g/mol. The maximum atomic E-state index is 4.96. The van der Waals surface area contributed by atoms with Crippen LogP contribution in [0.25, 0.3) is 0 Å². The van der Waals surface area contributed by atoms with Gasteiger partial charge in [0.15, 0.2) is 0 Å². The van der Waals surface area contributed by atoms with Gasteiger partial charge in [0.05, 0.1) is 5.75 Å². The molecule has 0 aromatic rings. The Morgan fingerprint density at radius 1 is 1.86 bits per heavy atom. The standard InChI is InChI=1S/C6H8S/c1-3-5-7-6-4-2/h1,4,6H,5H2,2H3/b6-4+. The average molecular weight is 112 g/mol. The minimum absolute atomic E-state index is 0.782. The molecule has 0 bridgehead atoms. The first kappa shape index (κ1) is 6.65. The fourth-order valence-electron chi connectivity index (χ4n) is 0.192. The van der Waals surface area contributed by atoms with Crippen molar-refractivity contribution in [2.45, 2.75) is 6.92 Å². The predicted molar refractivity (Wildman–Crippen MR) is 36.1 cm³/mol. The maximum absolute atomic E-state index is 4.96. The molecule has 0 aliphatic rings. The molecular formula is C6H8S. The van der Waals surface area contributed by atoms with E-state index in [1.54, 1.807) is 11.8 Å². The van der Waals surface area contributed by atoms with Gasteiger partial charge in [-0.1, -0.05) is 12.0 Å². The summed E-state index contributed by atoms with van der Waals surface area (Å²) in [7, 11) is 0. The van der Waals surface area contributed by atoms with Crippen LogP contribution in [0.3, 0.4) is 0 Å². The molecule has 0 rings (SSSR count). The quantitative estimate of drug-likeness (QED) is 0.388. The van der Waals surface area contributed by atoms with Gasteiger partial charge < -0.3 is 0 Å². The molecule has 0 amide bonds. The Bertz CT molecular complexity index is 86.8. The van der Waals surface area contributed by atoms with Gasteiger partial charge in [0.25, 0.3) is 0 Å². The van der Waals surface area contributed by atoms with Crippen LogP contribution < -0.4 is 0 Å². The minimum Gasteiger partial charge on any atom is -0.121 e. The maximum Gasteiger partial charge on any atom is 0.0586 e. The Kier molecular flexibility index (Phi) is 5.37. The molecule has 0 unspecified atom stereocenters. The van der Waals surface area contributed by atoms with Crippen LogP contribution in [0.1, 0.15) is 6.92 Å². The van der Waals surface area contributed by atoms with Crippen molar-refractivity contribution in [1.29, 1.82) is 0 Å². The molecule has 0 saturated heterocycles. The Morgan fingerprint density at radius 2 is 2.57 bits per heavy atom. The smallest absolute Gasteiger partial charge is 0.0586 e. The van der Waals surface area contributed by atoms with Gasteiger partial charge >= 0.3 is 0 Å². The molecule has 0 atom stereocenters. The average Bonchev–Trinajstić information content (AvgIpc) is 1.69. The Balaban J connectivity index is 2.87. The highest BCUT2D eigenvalue weighted by molar-refractivity contribution is 8.02. The first-order valence-corrected chi connectivity index (χ1v) is 3.13. The van der Waals surface area contributed by atoms with Gasteiger partial charge in [0.2, 0.25) is 0 Å². The Hall–Kier alpha value is -0.350. The summed E-state index contributed by atoms with van der Waals surface area (Å²) in [6.45, 7) is 1.98. The molecule has 7 heavy (non-hydrogen) atoms. The summed E-state index contributed by atoms with van der Waals surface area (Å²) in [4.78, 5) is 0. The van der Waals surface area contributed by atoms with Crippen molar-refractivity contribution < 1.29 is 0 Å². The van der Waals surface area contributed by atoms with Crippen LogP contribution in [-0.2, 0) is 0 Å². The molecule has 1 heteroatoms. The van der Waals surface area contributed by atoms with E-state index >= 15 is 0 Å². The van der Waals surface area contributed by atoms with Gasteiger partial charge in [-0.2, -0.15) is 0 Å². The molecule has 0 N–H and O–H groups in total. The molecule has 38 valence electrons. The summed E-state index contributed by atoms with van der Waals surface area (Å²) in [6.07, 6.45) is 6.94. The molecule has 0 nitrogen and oxygen atoms in total. The summed E-state index contributed by atoms with van der Waals surface area (Å²) in [5.41, 5.74) is 0. The third-order valence-corrected chi connectivity index (χ3v) is 1.20. The zero-order valence-corrected chi connectivity index (χ0v) is 5.16. The van der Waals surface area contributed by atoms with E-state index in [0.29, 0.717) is 0 Å². The summed E-state index contributed by atoms with van der Waals surface area (Å²) in [5.74, 6) is 3.30. The van der Waals surface area contributed by atoms with E-state index < -0.39 is 0 Å². The third-order valence-electron chi connectivity index (χ3n) is 0.399. The number of rotatable bonds is 2. The van der Waals surface area contributed by atoms with Crippen molar-refractivity contribution >= 4 is 11.8 Å². The van der Waals surface area contributed by atoms with Crippen LogP contribution in [-0.4, -0.2) is 5.75 Å². The SMILES string of the molecule is C#CCS/C=C/C. The number of thioether (sulfide) groups is 1. The fourth-order valence-corrected chi connectivity index (χ4v) is 0.577. The van der Waals surface area contributed by atoms with Crippen molar-refractivity contribution in [3.05, 3.63) is 11.5 Å². The number of terminal acetylenes is 1. The van der Waals surface area contributed by atoms with Crippen molar-refractivity contribution in [1.82, 2.24) is 0 Å². The highest BCUT2D eigenvalue weighted by Crippen LogP contribution is 1.97. The van der Waals surface area contributed by atoms with Crippen LogP contribution in [0.5, 0.6) is 0 Å². The summed E-state index contributed by atoms with van der Waals surface area (Å²) >= 11 is 1.64. The van der Waals surface area contributed by atoms with Crippen LogP contribution in [0.15, 0.2) is 11.5 Å². The molecule has 0 saturated carbocycles. The van der Waals surface area contributed by atoms with Crippen molar-refractivity contribution in [2.75, 3.05) is 5.75 Å². The highest BCUT2D eigenvalue weighted by atomic mass is 32.2. The Morgan fingerprint density at radius 3 is 3.00 bits per heavy atom. The normalized spacial score (nSPS) is 9.14. The Labute approximate surface area is 49.0 Å². The van der Waals surface area contributed by atoms with Crippen molar-refractivity contribution in [3.8, 4) is 12.3 Å². The van der Waals surface area contributed by atoms with E-state index in [9.17, 15) is 0 Å². The zero-order valence-electron chi connectivity index (χ0n) is 4.35. The van der Waals surface area contributed by atoms with Crippen LogP contribution in [0, 0.1) is 12.3 Å². The first-order chi connectivity index (χ1) is 3.41. The van der Waals surface area contributed by atoms with E-state index in [-0.39, 0.29) is 0 Å². The lowest BCUT2D eigenvalue weighted by Crippen LogP contribution is -1.59. The summed E-state index contributed by atoms with van der Waals surface area (Å²) in [6, 6.07) is 0. The molecule has 0 aromatic carbocycles. The van der Waals surface area contributed by atoms with Crippen molar-refractivity contribution in [3.63, 3.8) is 0 Å². The van der Waals surface area contributed by atoms with Crippen LogP contribution in [0.2, 0.25) is 0 Å². The van der Waals surface area contributed by atoms with E-state index in [1.165, 1.54) is 0 Å². The van der Waals surface area contributed by atoms with E-state index in [4.69, 9.17) is 6.42 Å². The van der Waals surface area contributed by atoms with Gasteiger partial charge in [0.1, 0.15) is 0 Å². The lowest BCUT2D eigenvalue weighted by atomic mass is 10.8. The third kappa shape index (κ3) is 5.65. The summed E-state index contributed by atoms with van der Waals surface area (Å²) < 4.78 is 0. The lowest BCUT2D eigenvalue weighted by Gasteiger charge is -1.77. The molecule has 0 aliphatic carbocycles. The minimum atomic E-state index is 0.782. The van der Waals surface area contributed by atoms with E-state index in [2.05, 4.69) is 5.92 Å². The number of hydrogen-bond acceptors (Lipinski definition) is 1. The fraction of sp³-hybridized carbons (Fsp3) is 0.333. The second-order valence-corrected chi connectivity index (χ2v) is 1.88. The highest BCUT2D eigenvalue weighted by Gasteiger charge is 1.68. The van der Waals surface area contributed by atoms with Gasteiger partial charge in [-0.3, -0.25) is 0 Å². The van der Waals surface area contributed by atoms with Crippen LogP contribution in [0.4, 0.5) is 0 Å². The van der Waals surface area contributed by atoms with Crippen LogP contribution >= 0.6 is 11.8 Å². The number of hydrogen-bond donors (Lipinski definition) is 0. The van der Waals surface area contributed by atoms with Gasteiger partial charge in [-0.15, -0.1) is 18.2 Å². The zero-order chi connectivity index (χ0) is 5.54. The number of allylic oxidation sites excluding steroid dienone is 1. The van der Waals surface area contributed by atoms with E-state index in [1.807, 2.05) is 18.4 Å². The van der Waals surface area contributed by atoms with Gasteiger partial charge in [-0.05, 0) is 12.3 Å². The van der Waals surface area contributed by atoms with E-state index in [0.717, 1.165) is 5.75 Å². The second-order valence-electron chi connectivity index (χ2n) is 0.985. The molecular weight excluding hydrogens is 104 g/mol.